The van der Waals surface area contributed by atoms with E-state index in [2.05, 4.69) is 0 Å². The molecule has 0 fully saturated rings. The second-order valence-electron chi connectivity index (χ2n) is 2.35. The number of halogens is 1. The molecule has 1 unspecified atom stereocenters. The summed E-state index contributed by atoms with van der Waals surface area (Å²) < 4.78 is 0.573. The average molecular weight is 200 g/mol. The molecule has 0 N–H and O–H groups in total. The Morgan fingerprint density at radius 1 is 1.83 bits per heavy atom. The van der Waals surface area contributed by atoms with Gasteiger partial charge in [0.1, 0.15) is 5.92 Å². The highest BCUT2D eigenvalue weighted by Crippen LogP contribution is 2.21. The van der Waals surface area contributed by atoms with E-state index in [0.29, 0.717) is 9.90 Å². The van der Waals surface area contributed by atoms with Crippen LogP contribution in [0.15, 0.2) is 11.4 Å². The summed E-state index contributed by atoms with van der Waals surface area (Å²) >= 11 is 6.93. The summed E-state index contributed by atoms with van der Waals surface area (Å²) in [5.41, 5.74) is 0.527. The molecule has 0 radical (unpaired) electrons. The summed E-state index contributed by atoms with van der Waals surface area (Å²) in [5, 5.41) is 10.1. The Kier molecular flexibility index (Phi) is 2.85. The Morgan fingerprint density at radius 3 is 2.92 bits per heavy atom. The molecule has 62 valence electrons. The van der Waals surface area contributed by atoms with Crippen molar-refractivity contribution in [2.24, 2.45) is 5.92 Å². The number of Topliss-reactive ketones (excluding diaryl/α,β-unsaturated/α-hetero) is 1. The first kappa shape index (κ1) is 9.24. The number of carbonyl (C=O) groups is 1. The van der Waals surface area contributed by atoms with Crippen LogP contribution in [0, 0.1) is 17.2 Å². The van der Waals surface area contributed by atoms with Gasteiger partial charge in [0, 0.05) is 10.9 Å². The predicted molar refractivity (Wildman–Crippen MR) is 48.4 cm³/mol. The zero-order valence-corrected chi connectivity index (χ0v) is 7.95. The number of ketones is 1. The van der Waals surface area contributed by atoms with E-state index in [1.807, 2.05) is 6.07 Å². The van der Waals surface area contributed by atoms with Crippen molar-refractivity contribution >= 4 is 28.7 Å². The van der Waals surface area contributed by atoms with Gasteiger partial charge in [0.05, 0.1) is 10.4 Å². The molecule has 0 aromatic carbocycles. The minimum absolute atomic E-state index is 0.166. The van der Waals surface area contributed by atoms with E-state index >= 15 is 0 Å². The number of hydrogen-bond acceptors (Lipinski definition) is 3. The Bertz CT molecular complexity index is 339. The first-order chi connectivity index (χ1) is 5.65. The molecule has 12 heavy (non-hydrogen) atoms. The lowest BCUT2D eigenvalue weighted by molar-refractivity contribution is 0.0957. The van der Waals surface area contributed by atoms with Gasteiger partial charge in [0.25, 0.3) is 0 Å². The number of hydrogen-bond donors (Lipinski definition) is 0. The van der Waals surface area contributed by atoms with Crippen molar-refractivity contribution in [2.75, 3.05) is 0 Å². The smallest absolute Gasteiger partial charge is 0.180 e. The van der Waals surface area contributed by atoms with E-state index in [1.54, 1.807) is 18.4 Å². The number of carbonyl (C=O) groups excluding carboxylic acids is 1. The first-order valence-corrected chi connectivity index (χ1v) is 4.58. The van der Waals surface area contributed by atoms with Gasteiger partial charge in [-0.2, -0.15) is 5.26 Å². The van der Waals surface area contributed by atoms with Crippen LogP contribution < -0.4 is 0 Å². The van der Waals surface area contributed by atoms with Crippen LogP contribution in [-0.4, -0.2) is 5.78 Å². The monoisotopic (exact) mass is 199 g/mol. The predicted octanol–water partition coefficient (Wildman–Crippen LogP) is 2.74. The molecule has 1 rings (SSSR count). The van der Waals surface area contributed by atoms with Gasteiger partial charge >= 0.3 is 0 Å². The number of nitrogens with zero attached hydrogens (tertiary/aromatic N) is 1. The molecule has 4 heteroatoms. The molecule has 2 nitrogen and oxygen atoms in total. The van der Waals surface area contributed by atoms with Crippen LogP contribution in [0.5, 0.6) is 0 Å². The molecule has 1 aromatic heterocycles. The maximum absolute atomic E-state index is 11.3. The van der Waals surface area contributed by atoms with Crippen molar-refractivity contribution in [2.45, 2.75) is 6.92 Å². The fraction of sp³-hybridized carbons (Fsp3) is 0.250. The molecule has 0 aliphatic rings. The van der Waals surface area contributed by atoms with Crippen LogP contribution in [0.4, 0.5) is 0 Å². The van der Waals surface area contributed by atoms with E-state index in [1.165, 1.54) is 11.3 Å². The molecule has 1 atom stereocenters. The second-order valence-corrected chi connectivity index (χ2v) is 3.90. The standard InChI is InChI=1S/C8H6ClNOS/c1-5(3-10)8(11)6-2-7(9)12-4-6/h2,4-5H,1H3. The highest BCUT2D eigenvalue weighted by Gasteiger charge is 2.15. The minimum Gasteiger partial charge on any atom is -0.293 e. The van der Waals surface area contributed by atoms with Gasteiger partial charge in [-0.05, 0) is 13.0 Å². The van der Waals surface area contributed by atoms with E-state index in [0.717, 1.165) is 0 Å². The van der Waals surface area contributed by atoms with Crippen LogP contribution in [0.25, 0.3) is 0 Å². The summed E-state index contributed by atoms with van der Waals surface area (Å²) in [6, 6.07) is 3.47. The van der Waals surface area contributed by atoms with Crippen molar-refractivity contribution < 1.29 is 4.79 Å². The number of nitriles is 1. The van der Waals surface area contributed by atoms with Crippen molar-refractivity contribution in [1.82, 2.24) is 0 Å². The highest BCUT2D eigenvalue weighted by molar-refractivity contribution is 7.14. The van der Waals surface area contributed by atoms with Gasteiger partial charge in [-0.25, -0.2) is 0 Å². The normalized spacial score (nSPS) is 12.1. The van der Waals surface area contributed by atoms with E-state index in [-0.39, 0.29) is 5.78 Å². The maximum atomic E-state index is 11.3. The quantitative estimate of drug-likeness (QED) is 0.688. The lowest BCUT2D eigenvalue weighted by atomic mass is 10.0. The highest BCUT2D eigenvalue weighted by atomic mass is 35.5. The molecule has 0 amide bonds. The molecule has 1 aromatic rings. The molecule has 0 saturated heterocycles. The molecule has 0 aliphatic heterocycles. The van der Waals surface area contributed by atoms with Crippen LogP contribution in [0.1, 0.15) is 17.3 Å². The summed E-state index contributed by atoms with van der Waals surface area (Å²) in [6.07, 6.45) is 0. The topological polar surface area (TPSA) is 40.9 Å². The fourth-order valence-corrected chi connectivity index (χ4v) is 1.62. The summed E-state index contributed by atoms with van der Waals surface area (Å²) in [4.78, 5) is 11.3. The largest absolute Gasteiger partial charge is 0.293 e. The molecule has 1 heterocycles. The van der Waals surface area contributed by atoms with Gasteiger partial charge in [-0.15, -0.1) is 11.3 Å². The Hall–Kier alpha value is -0.850. The van der Waals surface area contributed by atoms with E-state index in [9.17, 15) is 4.79 Å². The molecular formula is C8H6ClNOS. The molecule has 0 spiro atoms. The molecular weight excluding hydrogens is 194 g/mol. The second kappa shape index (κ2) is 3.70. The molecule has 0 bridgehead atoms. The third kappa shape index (κ3) is 1.84. The van der Waals surface area contributed by atoms with E-state index in [4.69, 9.17) is 16.9 Å². The van der Waals surface area contributed by atoms with Crippen LogP contribution in [0.3, 0.4) is 0 Å². The molecule has 0 saturated carbocycles. The van der Waals surface area contributed by atoms with Crippen molar-refractivity contribution in [3.63, 3.8) is 0 Å². The zero-order chi connectivity index (χ0) is 9.14. The number of thiophene rings is 1. The molecule has 0 aliphatic carbocycles. The van der Waals surface area contributed by atoms with Crippen molar-refractivity contribution in [3.8, 4) is 6.07 Å². The Labute approximate surface area is 79.4 Å². The Morgan fingerprint density at radius 2 is 2.50 bits per heavy atom. The summed E-state index contributed by atoms with van der Waals surface area (Å²) in [6.45, 7) is 1.58. The van der Waals surface area contributed by atoms with Gasteiger partial charge in [0.15, 0.2) is 5.78 Å². The first-order valence-electron chi connectivity index (χ1n) is 3.33. The van der Waals surface area contributed by atoms with Crippen LogP contribution in [0.2, 0.25) is 4.34 Å². The van der Waals surface area contributed by atoms with Gasteiger partial charge in [-0.3, -0.25) is 4.79 Å². The van der Waals surface area contributed by atoms with Crippen molar-refractivity contribution in [3.05, 3.63) is 21.3 Å². The van der Waals surface area contributed by atoms with Gasteiger partial charge < -0.3 is 0 Å². The fourth-order valence-electron chi connectivity index (χ4n) is 0.748. The summed E-state index contributed by atoms with van der Waals surface area (Å²) in [7, 11) is 0. The van der Waals surface area contributed by atoms with Crippen LogP contribution in [-0.2, 0) is 0 Å². The maximum Gasteiger partial charge on any atom is 0.180 e. The summed E-state index contributed by atoms with van der Waals surface area (Å²) in [5.74, 6) is -0.753. The van der Waals surface area contributed by atoms with Gasteiger partial charge in [0.2, 0.25) is 0 Å². The lowest BCUT2D eigenvalue weighted by Crippen LogP contribution is -2.07. The van der Waals surface area contributed by atoms with Crippen molar-refractivity contribution in [1.29, 1.82) is 5.26 Å². The SMILES string of the molecule is CC(C#N)C(=O)c1csc(Cl)c1. The third-order valence-corrected chi connectivity index (χ3v) is 2.53. The van der Waals surface area contributed by atoms with E-state index < -0.39 is 5.92 Å². The van der Waals surface area contributed by atoms with Gasteiger partial charge in [-0.1, -0.05) is 11.6 Å². The lowest BCUT2D eigenvalue weighted by Gasteiger charge is -1.96. The third-order valence-electron chi connectivity index (χ3n) is 1.44. The Balaban J connectivity index is 2.87. The number of rotatable bonds is 2. The zero-order valence-electron chi connectivity index (χ0n) is 6.37. The minimum atomic E-state index is -0.587. The van der Waals surface area contributed by atoms with Crippen LogP contribution >= 0.6 is 22.9 Å². The average Bonchev–Trinajstić information content (AvgIpc) is 2.49.